The number of carbonyl (C=O) groups is 2. The van der Waals surface area contributed by atoms with Crippen molar-refractivity contribution >= 4 is 34.4 Å². The van der Waals surface area contributed by atoms with Crippen LogP contribution in [0, 0.1) is 11.8 Å². The van der Waals surface area contributed by atoms with Crippen LogP contribution < -0.4 is 5.32 Å². The minimum Gasteiger partial charge on any atom is -0.481 e. The molecule has 0 radical (unpaired) electrons. The Balaban J connectivity index is 1.57. The van der Waals surface area contributed by atoms with Crippen LogP contribution in [0.2, 0.25) is 5.02 Å². The predicted octanol–water partition coefficient (Wildman–Crippen LogP) is 2.59. The van der Waals surface area contributed by atoms with Gasteiger partial charge in [-0.05, 0) is 43.0 Å². The summed E-state index contributed by atoms with van der Waals surface area (Å²) in [6.45, 7) is 0.487. The van der Waals surface area contributed by atoms with Gasteiger partial charge in [0.1, 0.15) is 0 Å². The van der Waals surface area contributed by atoms with Crippen LogP contribution in [0.15, 0.2) is 24.4 Å². The maximum absolute atomic E-state index is 12.0. The van der Waals surface area contributed by atoms with Crippen molar-refractivity contribution in [2.45, 2.75) is 19.3 Å². The molecular weight excluding hydrogens is 304 g/mol. The summed E-state index contributed by atoms with van der Waals surface area (Å²) in [6.07, 6.45) is 3.84. The molecule has 0 aliphatic heterocycles. The number of H-pyrrole nitrogens is 1. The summed E-state index contributed by atoms with van der Waals surface area (Å²) in [6, 6.07) is 5.65. The molecule has 3 rings (SSSR count). The first kappa shape index (κ1) is 14.9. The number of aliphatic carboxylic acids is 1. The van der Waals surface area contributed by atoms with Crippen molar-refractivity contribution in [3.8, 4) is 0 Å². The van der Waals surface area contributed by atoms with Crippen LogP contribution in [0.5, 0.6) is 0 Å². The summed E-state index contributed by atoms with van der Waals surface area (Å²) < 4.78 is 0. The summed E-state index contributed by atoms with van der Waals surface area (Å²) >= 11 is 6.01. The minimum atomic E-state index is -0.877. The predicted molar refractivity (Wildman–Crippen MR) is 83.9 cm³/mol. The summed E-state index contributed by atoms with van der Waals surface area (Å²) in [5, 5.41) is 13.5. The van der Waals surface area contributed by atoms with E-state index < -0.39 is 11.9 Å². The zero-order valence-electron chi connectivity index (χ0n) is 11.9. The maximum atomic E-state index is 12.0. The van der Waals surface area contributed by atoms with Crippen LogP contribution in [-0.2, 0) is 16.0 Å². The normalized spacial score (nSPS) is 20.6. The summed E-state index contributed by atoms with van der Waals surface area (Å²) in [5.41, 5.74) is 2.09. The van der Waals surface area contributed by atoms with E-state index >= 15 is 0 Å². The lowest BCUT2D eigenvalue weighted by Crippen LogP contribution is -2.44. The number of carboxylic acid groups (broad SMARTS) is 1. The highest BCUT2D eigenvalue weighted by Gasteiger charge is 2.41. The Morgan fingerprint density at radius 2 is 2.09 bits per heavy atom. The Bertz CT molecular complexity index is 725. The summed E-state index contributed by atoms with van der Waals surface area (Å²) in [7, 11) is 0. The number of hydrogen-bond donors (Lipinski definition) is 3. The van der Waals surface area contributed by atoms with Crippen LogP contribution in [0.4, 0.5) is 0 Å². The number of aromatic nitrogens is 1. The van der Waals surface area contributed by atoms with Crippen molar-refractivity contribution in [1.82, 2.24) is 10.3 Å². The van der Waals surface area contributed by atoms with Gasteiger partial charge in [0.25, 0.3) is 0 Å². The number of halogens is 1. The fourth-order valence-corrected chi connectivity index (χ4v) is 3.09. The number of nitrogens with one attached hydrogen (secondary N) is 2. The number of benzene rings is 1. The van der Waals surface area contributed by atoms with Gasteiger partial charge in [-0.1, -0.05) is 11.6 Å². The fourth-order valence-electron chi connectivity index (χ4n) is 2.92. The monoisotopic (exact) mass is 320 g/mol. The number of aromatic amines is 1. The second-order valence-electron chi connectivity index (χ2n) is 5.67. The number of rotatable bonds is 5. The Kier molecular flexibility index (Phi) is 4.07. The quantitative estimate of drug-likeness (QED) is 0.792. The van der Waals surface area contributed by atoms with Crippen LogP contribution in [0.1, 0.15) is 18.4 Å². The van der Waals surface area contributed by atoms with E-state index in [0.717, 1.165) is 16.5 Å². The van der Waals surface area contributed by atoms with E-state index in [2.05, 4.69) is 10.3 Å². The third-order valence-electron chi connectivity index (χ3n) is 4.35. The van der Waals surface area contributed by atoms with Gasteiger partial charge in [0.15, 0.2) is 0 Å². The van der Waals surface area contributed by atoms with Gasteiger partial charge in [-0.3, -0.25) is 9.59 Å². The molecule has 1 amide bonds. The molecule has 0 saturated heterocycles. The van der Waals surface area contributed by atoms with Gasteiger partial charge < -0.3 is 15.4 Å². The highest BCUT2D eigenvalue weighted by Crippen LogP contribution is 2.34. The number of hydrogen-bond acceptors (Lipinski definition) is 2. The summed E-state index contributed by atoms with van der Waals surface area (Å²) in [4.78, 5) is 26.1. The molecule has 2 atom stereocenters. The summed E-state index contributed by atoms with van der Waals surface area (Å²) in [5.74, 6) is -1.93. The largest absolute Gasteiger partial charge is 0.481 e. The molecule has 0 spiro atoms. The maximum Gasteiger partial charge on any atom is 0.307 e. The van der Waals surface area contributed by atoms with Crippen LogP contribution in [0.25, 0.3) is 10.9 Å². The third-order valence-corrected chi connectivity index (χ3v) is 4.59. The number of carbonyl (C=O) groups excluding carboxylic acids is 1. The van der Waals surface area contributed by atoms with E-state index in [-0.39, 0.29) is 11.8 Å². The molecule has 5 nitrogen and oxygen atoms in total. The number of amides is 1. The second-order valence-corrected chi connectivity index (χ2v) is 6.11. The molecule has 1 aliphatic rings. The van der Waals surface area contributed by atoms with Gasteiger partial charge >= 0.3 is 5.97 Å². The molecule has 3 N–H and O–H groups in total. The molecule has 1 heterocycles. The van der Waals surface area contributed by atoms with Crippen LogP contribution in [-0.4, -0.2) is 28.5 Å². The van der Waals surface area contributed by atoms with Crippen molar-refractivity contribution < 1.29 is 14.7 Å². The Morgan fingerprint density at radius 1 is 1.32 bits per heavy atom. The fraction of sp³-hybridized carbons (Fsp3) is 0.375. The topological polar surface area (TPSA) is 82.2 Å². The average Bonchev–Trinajstić information content (AvgIpc) is 2.79. The second kappa shape index (κ2) is 6.01. The highest BCUT2D eigenvalue weighted by molar-refractivity contribution is 6.31. The molecule has 2 unspecified atom stereocenters. The first-order valence-corrected chi connectivity index (χ1v) is 7.70. The molecule has 22 heavy (non-hydrogen) atoms. The molecule has 1 fully saturated rings. The zero-order chi connectivity index (χ0) is 15.7. The zero-order valence-corrected chi connectivity index (χ0v) is 12.7. The van der Waals surface area contributed by atoms with E-state index in [1.807, 2.05) is 24.4 Å². The van der Waals surface area contributed by atoms with E-state index in [0.29, 0.717) is 30.8 Å². The third kappa shape index (κ3) is 2.81. The molecule has 1 aromatic heterocycles. The molecule has 1 aromatic carbocycles. The Morgan fingerprint density at radius 3 is 2.77 bits per heavy atom. The van der Waals surface area contributed by atoms with Gasteiger partial charge in [-0.15, -0.1) is 0 Å². The SMILES string of the molecule is O=C(O)C1CCC1C(=O)NCCc1c[nH]c2ccc(Cl)cc12. The van der Waals surface area contributed by atoms with Crippen molar-refractivity contribution in [3.05, 3.63) is 35.0 Å². The number of carboxylic acids is 1. The molecule has 1 aliphatic carbocycles. The van der Waals surface area contributed by atoms with E-state index in [1.165, 1.54) is 0 Å². The van der Waals surface area contributed by atoms with Crippen molar-refractivity contribution in [1.29, 1.82) is 0 Å². The molecule has 1 saturated carbocycles. The van der Waals surface area contributed by atoms with E-state index in [1.54, 1.807) is 0 Å². The lowest BCUT2D eigenvalue weighted by molar-refractivity contribution is -0.152. The molecule has 6 heteroatoms. The first-order valence-electron chi connectivity index (χ1n) is 7.32. The number of fused-ring (bicyclic) bond motifs is 1. The molecule has 2 aromatic rings. The molecular formula is C16H17ClN2O3. The molecule has 116 valence electrons. The lowest BCUT2D eigenvalue weighted by Gasteiger charge is -2.31. The van der Waals surface area contributed by atoms with Crippen LogP contribution >= 0.6 is 11.6 Å². The highest BCUT2D eigenvalue weighted by atomic mass is 35.5. The lowest BCUT2D eigenvalue weighted by atomic mass is 9.73. The van der Waals surface area contributed by atoms with Crippen LogP contribution in [0.3, 0.4) is 0 Å². The smallest absolute Gasteiger partial charge is 0.307 e. The standard InChI is InChI=1S/C16H17ClN2O3/c17-10-1-4-14-13(7-10)9(8-19-14)5-6-18-15(20)11-2-3-12(11)16(21)22/h1,4,7-8,11-12,19H,2-3,5-6H2,(H,18,20)(H,21,22). The van der Waals surface area contributed by atoms with Gasteiger partial charge in [-0.2, -0.15) is 0 Å². The average molecular weight is 321 g/mol. The van der Waals surface area contributed by atoms with E-state index in [9.17, 15) is 9.59 Å². The van der Waals surface area contributed by atoms with Gasteiger partial charge in [-0.25, -0.2) is 0 Å². The van der Waals surface area contributed by atoms with E-state index in [4.69, 9.17) is 16.7 Å². The van der Waals surface area contributed by atoms with Crippen molar-refractivity contribution in [3.63, 3.8) is 0 Å². The Hall–Kier alpha value is -2.01. The first-order chi connectivity index (χ1) is 10.6. The van der Waals surface area contributed by atoms with Crippen molar-refractivity contribution in [2.75, 3.05) is 6.54 Å². The minimum absolute atomic E-state index is 0.156. The van der Waals surface area contributed by atoms with Gasteiger partial charge in [0.2, 0.25) is 5.91 Å². The van der Waals surface area contributed by atoms with Gasteiger partial charge in [0, 0.05) is 28.7 Å². The van der Waals surface area contributed by atoms with Crippen molar-refractivity contribution in [2.24, 2.45) is 11.8 Å². The molecule has 0 bridgehead atoms. The van der Waals surface area contributed by atoms with Gasteiger partial charge in [0.05, 0.1) is 11.8 Å². The Labute approximate surface area is 132 Å².